The molecule has 0 spiro atoms. The van der Waals surface area contributed by atoms with Crippen LogP contribution in [-0.4, -0.2) is 30.5 Å². The molecule has 0 atom stereocenters. The molecule has 0 fully saturated rings. The number of ether oxygens (including phenoxy) is 1. The zero-order valence-corrected chi connectivity index (χ0v) is 13.2. The Hall–Kier alpha value is -2.69. The van der Waals surface area contributed by atoms with Crippen molar-refractivity contribution in [3.63, 3.8) is 0 Å². The highest BCUT2D eigenvalue weighted by Gasteiger charge is 2.27. The Labute approximate surface area is 134 Å². The van der Waals surface area contributed by atoms with Gasteiger partial charge in [0.15, 0.2) is 0 Å². The molecule has 1 aliphatic heterocycles. The molecule has 0 unspecified atom stereocenters. The van der Waals surface area contributed by atoms with Crippen molar-refractivity contribution in [2.75, 3.05) is 18.6 Å². The minimum absolute atomic E-state index is 0.0196. The summed E-state index contributed by atoms with van der Waals surface area (Å²) in [5.41, 5.74) is 4.00. The smallest absolute Gasteiger partial charge is 0.337 e. The minimum Gasteiger partial charge on any atom is -0.465 e. The monoisotopic (exact) mass is 310 g/mol. The third-order valence-electron chi connectivity index (χ3n) is 4.16. The van der Waals surface area contributed by atoms with Crippen LogP contribution in [0.25, 0.3) is 0 Å². The number of methoxy groups -OCH3 is 1. The van der Waals surface area contributed by atoms with Gasteiger partial charge in [0.05, 0.1) is 12.7 Å². The molecule has 0 bridgehead atoms. The number of hydrogen-bond acceptors (Lipinski definition) is 4. The highest BCUT2D eigenvalue weighted by Crippen LogP contribution is 2.30. The zero-order chi connectivity index (χ0) is 16.4. The van der Waals surface area contributed by atoms with Crippen LogP contribution in [0.4, 0.5) is 5.69 Å². The lowest BCUT2D eigenvalue weighted by molar-refractivity contribution is 0.0600. The number of pyridine rings is 1. The van der Waals surface area contributed by atoms with E-state index in [0.29, 0.717) is 17.7 Å². The molecular formula is C18H18N2O3. The van der Waals surface area contributed by atoms with E-state index in [9.17, 15) is 9.59 Å². The predicted octanol–water partition coefficient (Wildman–Crippen LogP) is 2.63. The molecule has 118 valence electrons. The van der Waals surface area contributed by atoms with Gasteiger partial charge in [0.1, 0.15) is 0 Å². The third-order valence-corrected chi connectivity index (χ3v) is 4.16. The Balaban J connectivity index is 1.93. The van der Waals surface area contributed by atoms with Crippen LogP contribution >= 0.6 is 0 Å². The number of hydrogen-bond donors (Lipinski definition) is 0. The van der Waals surface area contributed by atoms with Crippen LogP contribution in [0.5, 0.6) is 0 Å². The number of anilines is 1. The van der Waals surface area contributed by atoms with Crippen LogP contribution in [0.2, 0.25) is 0 Å². The Morgan fingerprint density at radius 1 is 1.30 bits per heavy atom. The molecule has 3 rings (SSSR count). The first kappa shape index (κ1) is 15.2. The number of fused-ring (bicyclic) bond motifs is 1. The molecule has 1 aromatic heterocycles. The number of rotatable bonds is 3. The van der Waals surface area contributed by atoms with Crippen molar-refractivity contribution < 1.29 is 14.3 Å². The molecule has 0 aliphatic carbocycles. The van der Waals surface area contributed by atoms with E-state index in [0.717, 1.165) is 29.7 Å². The summed E-state index contributed by atoms with van der Waals surface area (Å²) in [4.78, 5) is 30.4. The first-order valence-corrected chi connectivity index (χ1v) is 7.61. The number of carbonyl (C=O) groups is 2. The Bertz CT molecular complexity index is 771. The van der Waals surface area contributed by atoms with Crippen molar-refractivity contribution >= 4 is 17.6 Å². The van der Waals surface area contributed by atoms with Gasteiger partial charge >= 0.3 is 5.97 Å². The molecular weight excluding hydrogens is 292 g/mol. The van der Waals surface area contributed by atoms with Crippen molar-refractivity contribution in [3.05, 3.63) is 58.9 Å². The van der Waals surface area contributed by atoms with E-state index in [1.807, 2.05) is 19.1 Å². The van der Waals surface area contributed by atoms with E-state index in [1.54, 1.807) is 29.4 Å². The molecule has 0 N–H and O–H groups in total. The van der Waals surface area contributed by atoms with Crippen LogP contribution in [0.15, 0.2) is 36.7 Å². The summed E-state index contributed by atoms with van der Waals surface area (Å²) in [5, 5.41) is 0. The number of esters is 1. The van der Waals surface area contributed by atoms with E-state index in [4.69, 9.17) is 4.74 Å². The van der Waals surface area contributed by atoms with Gasteiger partial charge in [-0.1, -0.05) is 6.92 Å². The van der Waals surface area contributed by atoms with Gasteiger partial charge in [-0.05, 0) is 48.2 Å². The first-order chi connectivity index (χ1) is 11.2. The van der Waals surface area contributed by atoms with Crippen molar-refractivity contribution in [1.29, 1.82) is 0 Å². The number of benzene rings is 1. The summed E-state index contributed by atoms with van der Waals surface area (Å²) in [7, 11) is 1.36. The zero-order valence-electron chi connectivity index (χ0n) is 13.2. The lowest BCUT2D eigenvalue weighted by Gasteiger charge is -2.19. The molecule has 2 aromatic rings. The average Bonchev–Trinajstić information content (AvgIpc) is 3.03. The maximum atomic E-state index is 12.9. The van der Waals surface area contributed by atoms with Crippen molar-refractivity contribution in [1.82, 2.24) is 4.98 Å². The first-order valence-electron chi connectivity index (χ1n) is 7.61. The summed E-state index contributed by atoms with van der Waals surface area (Å²) in [5.74, 6) is -0.381. The lowest BCUT2D eigenvalue weighted by atomic mass is 10.1. The largest absolute Gasteiger partial charge is 0.465 e. The average molecular weight is 310 g/mol. The lowest BCUT2D eigenvalue weighted by Crippen LogP contribution is -2.29. The molecule has 1 aliphatic rings. The van der Waals surface area contributed by atoms with Crippen LogP contribution in [0.3, 0.4) is 0 Å². The fraction of sp³-hybridized carbons (Fsp3) is 0.278. The van der Waals surface area contributed by atoms with E-state index < -0.39 is 0 Å². The number of aryl methyl sites for hydroxylation is 1. The van der Waals surface area contributed by atoms with Gasteiger partial charge in [-0.2, -0.15) is 0 Å². The van der Waals surface area contributed by atoms with Crippen LogP contribution in [-0.2, 0) is 17.6 Å². The van der Waals surface area contributed by atoms with Gasteiger partial charge in [0, 0.05) is 30.2 Å². The van der Waals surface area contributed by atoms with Gasteiger partial charge in [0.25, 0.3) is 5.91 Å². The molecule has 5 nitrogen and oxygen atoms in total. The van der Waals surface area contributed by atoms with Crippen molar-refractivity contribution in [2.24, 2.45) is 0 Å². The Kier molecular flexibility index (Phi) is 4.10. The van der Waals surface area contributed by atoms with E-state index in [-0.39, 0.29) is 11.9 Å². The quantitative estimate of drug-likeness (QED) is 0.818. The fourth-order valence-corrected chi connectivity index (χ4v) is 2.92. The van der Waals surface area contributed by atoms with Gasteiger partial charge in [0.2, 0.25) is 0 Å². The van der Waals surface area contributed by atoms with E-state index >= 15 is 0 Å². The summed E-state index contributed by atoms with van der Waals surface area (Å²) in [6.45, 7) is 2.62. The second kappa shape index (κ2) is 6.20. The summed E-state index contributed by atoms with van der Waals surface area (Å²) in [6, 6.07) is 7.09. The van der Waals surface area contributed by atoms with Crippen LogP contribution in [0.1, 0.15) is 38.8 Å². The summed E-state index contributed by atoms with van der Waals surface area (Å²) >= 11 is 0. The van der Waals surface area contributed by atoms with Crippen LogP contribution in [0, 0.1) is 0 Å². The fourth-order valence-electron chi connectivity index (χ4n) is 2.92. The van der Waals surface area contributed by atoms with Gasteiger partial charge in [-0.15, -0.1) is 0 Å². The van der Waals surface area contributed by atoms with Crippen molar-refractivity contribution in [3.8, 4) is 0 Å². The van der Waals surface area contributed by atoms with Gasteiger partial charge in [-0.3, -0.25) is 9.78 Å². The highest BCUT2D eigenvalue weighted by atomic mass is 16.5. The van der Waals surface area contributed by atoms with Crippen molar-refractivity contribution in [2.45, 2.75) is 19.8 Å². The number of aromatic nitrogens is 1. The molecule has 1 aromatic carbocycles. The molecule has 0 saturated carbocycles. The highest BCUT2D eigenvalue weighted by molar-refractivity contribution is 6.08. The second-order valence-electron chi connectivity index (χ2n) is 5.43. The maximum absolute atomic E-state index is 12.9. The SMILES string of the molecule is CCc1cnccc1C(=O)N1CCc2cc(C(=O)OC)ccc21. The summed E-state index contributed by atoms with van der Waals surface area (Å²) < 4.78 is 4.74. The van der Waals surface area contributed by atoms with Crippen LogP contribution < -0.4 is 4.90 Å². The number of carbonyl (C=O) groups excluding carboxylic acids is 2. The maximum Gasteiger partial charge on any atom is 0.337 e. The number of amides is 1. The number of nitrogens with zero attached hydrogens (tertiary/aromatic N) is 2. The predicted molar refractivity (Wildman–Crippen MR) is 86.8 cm³/mol. The standard InChI is InChI=1S/C18H18N2O3/c1-3-12-11-19-8-6-15(12)17(21)20-9-7-13-10-14(18(22)23-2)4-5-16(13)20/h4-6,8,10-11H,3,7,9H2,1-2H3. The van der Waals surface area contributed by atoms with Gasteiger partial charge in [-0.25, -0.2) is 4.79 Å². The molecule has 5 heteroatoms. The molecule has 1 amide bonds. The van der Waals surface area contributed by atoms with E-state index in [1.165, 1.54) is 7.11 Å². The van der Waals surface area contributed by atoms with Gasteiger partial charge < -0.3 is 9.64 Å². The molecule has 23 heavy (non-hydrogen) atoms. The molecule has 2 heterocycles. The molecule has 0 radical (unpaired) electrons. The van der Waals surface area contributed by atoms with E-state index in [2.05, 4.69) is 4.98 Å². The Morgan fingerprint density at radius 3 is 2.87 bits per heavy atom. The third kappa shape index (κ3) is 2.70. The molecule has 0 saturated heterocycles. The topological polar surface area (TPSA) is 59.5 Å². The minimum atomic E-state index is -0.361. The Morgan fingerprint density at radius 2 is 2.13 bits per heavy atom. The normalized spacial score (nSPS) is 12.9. The second-order valence-corrected chi connectivity index (χ2v) is 5.43. The summed E-state index contributed by atoms with van der Waals surface area (Å²) in [6.07, 6.45) is 4.88.